The highest BCUT2D eigenvalue weighted by molar-refractivity contribution is 7.92. The van der Waals surface area contributed by atoms with Gasteiger partial charge >= 0.3 is 0 Å². The normalized spacial score (nSPS) is 12.3. The average molecular weight is 602 g/mol. The molecule has 0 saturated carbocycles. The number of benzene rings is 3. The monoisotopic (exact) mass is 601 g/mol. The number of anilines is 1. The van der Waals surface area contributed by atoms with E-state index in [9.17, 15) is 18.0 Å². The molecule has 0 bridgehead atoms. The van der Waals surface area contributed by atoms with E-state index in [0.29, 0.717) is 16.3 Å². The number of rotatable bonds is 11. The maximum atomic E-state index is 14.0. The van der Waals surface area contributed by atoms with Crippen LogP contribution in [0, 0.1) is 0 Å². The summed E-state index contributed by atoms with van der Waals surface area (Å²) in [6.07, 6.45) is 0. The molecule has 41 heavy (non-hydrogen) atoms. The molecule has 0 unspecified atom stereocenters. The Balaban J connectivity index is 2.05. The molecule has 3 rings (SSSR count). The lowest BCUT2D eigenvalue weighted by atomic mass is 10.1. The molecule has 1 atom stereocenters. The first kappa shape index (κ1) is 31.8. The number of hydrogen-bond donors (Lipinski definition) is 1. The number of para-hydroxylation sites is 1. The number of sulfonamides is 1. The maximum Gasteiger partial charge on any atom is 0.264 e. The van der Waals surface area contributed by atoms with Crippen molar-refractivity contribution in [3.8, 4) is 11.5 Å². The van der Waals surface area contributed by atoms with Gasteiger partial charge in [-0.05, 0) is 69.7 Å². The molecule has 0 aliphatic heterocycles. The highest BCUT2D eigenvalue weighted by atomic mass is 35.5. The summed E-state index contributed by atoms with van der Waals surface area (Å²) in [5, 5.41) is 3.38. The van der Waals surface area contributed by atoms with Gasteiger partial charge in [-0.3, -0.25) is 13.9 Å². The van der Waals surface area contributed by atoms with Crippen molar-refractivity contribution in [3.63, 3.8) is 0 Å². The number of nitrogens with zero attached hydrogens (tertiary/aromatic N) is 2. The van der Waals surface area contributed by atoms with E-state index in [2.05, 4.69) is 5.32 Å². The molecule has 0 fully saturated rings. The lowest BCUT2D eigenvalue weighted by Gasteiger charge is -2.33. The zero-order valence-corrected chi connectivity index (χ0v) is 25.6. The summed E-state index contributed by atoms with van der Waals surface area (Å²) in [6.45, 7) is 6.61. The number of nitrogens with one attached hydrogen (secondary N) is 1. The zero-order chi connectivity index (χ0) is 30.4. The number of ether oxygens (including phenoxy) is 2. The second kappa shape index (κ2) is 13.3. The second-order valence-corrected chi connectivity index (χ2v) is 12.7. The highest BCUT2D eigenvalue weighted by Gasteiger charge is 2.33. The Kier molecular flexibility index (Phi) is 10.3. The summed E-state index contributed by atoms with van der Waals surface area (Å²) in [5.74, 6) is -0.362. The van der Waals surface area contributed by atoms with E-state index in [-0.39, 0.29) is 28.8 Å². The summed E-state index contributed by atoms with van der Waals surface area (Å²) in [7, 11) is -1.41. The number of carbonyl (C=O) groups is 2. The van der Waals surface area contributed by atoms with Crippen molar-refractivity contribution in [2.75, 3.05) is 25.1 Å². The van der Waals surface area contributed by atoms with Crippen LogP contribution in [0.15, 0.2) is 77.7 Å². The Morgan fingerprint density at radius 3 is 2.17 bits per heavy atom. The summed E-state index contributed by atoms with van der Waals surface area (Å²) in [4.78, 5) is 28.4. The van der Waals surface area contributed by atoms with Crippen molar-refractivity contribution < 1.29 is 27.5 Å². The predicted molar refractivity (Wildman–Crippen MR) is 160 cm³/mol. The van der Waals surface area contributed by atoms with E-state index < -0.39 is 34.1 Å². The molecule has 3 aromatic rings. The Morgan fingerprint density at radius 1 is 0.927 bits per heavy atom. The Bertz CT molecular complexity index is 1480. The smallest absolute Gasteiger partial charge is 0.264 e. The first-order chi connectivity index (χ1) is 19.3. The summed E-state index contributed by atoms with van der Waals surface area (Å²) < 4.78 is 39.6. The fraction of sp³-hybridized carbons (Fsp3) is 0.333. The Labute approximate surface area is 247 Å². The van der Waals surface area contributed by atoms with Crippen molar-refractivity contribution in [1.82, 2.24) is 10.2 Å². The van der Waals surface area contributed by atoms with Gasteiger partial charge in [0.2, 0.25) is 11.8 Å². The number of amides is 2. The molecule has 1 N–H and O–H groups in total. The van der Waals surface area contributed by atoms with Gasteiger partial charge in [-0.15, -0.1) is 0 Å². The first-order valence-corrected chi connectivity index (χ1v) is 14.7. The van der Waals surface area contributed by atoms with Gasteiger partial charge in [0.1, 0.15) is 12.6 Å². The minimum absolute atomic E-state index is 0.0388. The standard InChI is InChI=1S/C30H36ClN3O6S/c1-21(29(36)32-30(2,3)4)33(19-22-11-10-12-23(31)17-22)28(35)20-34(24-13-8-7-9-14-24)41(37,38)25-15-16-26(39-5)27(18-25)40-6/h7-18,21H,19-20H2,1-6H3,(H,32,36)/t21-/m1/s1. The minimum atomic E-state index is -4.27. The van der Waals surface area contributed by atoms with Gasteiger partial charge in [-0.1, -0.05) is 41.9 Å². The molecule has 220 valence electrons. The van der Waals surface area contributed by atoms with E-state index in [1.54, 1.807) is 61.5 Å². The molecule has 3 aromatic carbocycles. The van der Waals surface area contributed by atoms with Crippen molar-refractivity contribution in [2.24, 2.45) is 0 Å². The molecule has 0 aliphatic carbocycles. The van der Waals surface area contributed by atoms with Crippen molar-refractivity contribution >= 4 is 39.1 Å². The molecule has 2 amide bonds. The first-order valence-electron chi connectivity index (χ1n) is 12.9. The SMILES string of the molecule is COc1ccc(S(=O)(=O)N(CC(=O)N(Cc2cccc(Cl)c2)[C@H](C)C(=O)NC(C)(C)C)c2ccccc2)cc1OC. The Morgan fingerprint density at radius 2 is 1.59 bits per heavy atom. The van der Waals surface area contributed by atoms with Gasteiger partial charge in [0, 0.05) is 23.2 Å². The van der Waals surface area contributed by atoms with E-state index in [4.69, 9.17) is 21.1 Å². The quantitative estimate of drug-likeness (QED) is 0.336. The van der Waals surface area contributed by atoms with Gasteiger partial charge in [0.05, 0.1) is 24.8 Å². The van der Waals surface area contributed by atoms with Gasteiger partial charge in [-0.25, -0.2) is 8.42 Å². The third-order valence-electron chi connectivity index (χ3n) is 6.17. The lowest BCUT2D eigenvalue weighted by Crippen LogP contribution is -2.54. The van der Waals surface area contributed by atoms with Crippen LogP contribution >= 0.6 is 11.6 Å². The Hall–Kier alpha value is -3.76. The van der Waals surface area contributed by atoms with Crippen LogP contribution in [-0.4, -0.2) is 57.5 Å². The minimum Gasteiger partial charge on any atom is -0.493 e. The average Bonchev–Trinajstić information content (AvgIpc) is 2.93. The lowest BCUT2D eigenvalue weighted by molar-refractivity contribution is -0.140. The second-order valence-electron chi connectivity index (χ2n) is 10.4. The van der Waals surface area contributed by atoms with Crippen LogP contribution in [-0.2, 0) is 26.2 Å². The molecule has 0 aromatic heterocycles. The maximum absolute atomic E-state index is 14.0. The van der Waals surface area contributed by atoms with Gasteiger partial charge in [-0.2, -0.15) is 0 Å². The largest absolute Gasteiger partial charge is 0.493 e. The fourth-order valence-electron chi connectivity index (χ4n) is 4.12. The summed E-state index contributed by atoms with van der Waals surface area (Å²) in [5.41, 5.74) is 0.434. The molecule has 9 nitrogen and oxygen atoms in total. The van der Waals surface area contributed by atoms with Crippen molar-refractivity contribution in [1.29, 1.82) is 0 Å². The van der Waals surface area contributed by atoms with Crippen molar-refractivity contribution in [3.05, 3.63) is 83.4 Å². The van der Waals surface area contributed by atoms with Gasteiger partial charge < -0.3 is 19.7 Å². The van der Waals surface area contributed by atoms with Crippen LogP contribution in [0.4, 0.5) is 5.69 Å². The number of methoxy groups -OCH3 is 2. The summed E-state index contributed by atoms with van der Waals surface area (Å²) in [6, 6.07) is 18.6. The molecule has 0 aliphatic rings. The van der Waals surface area contributed by atoms with Crippen LogP contribution in [0.3, 0.4) is 0 Å². The highest BCUT2D eigenvalue weighted by Crippen LogP contribution is 2.32. The predicted octanol–water partition coefficient (Wildman–Crippen LogP) is 4.88. The molecule has 11 heteroatoms. The van der Waals surface area contributed by atoms with Crippen LogP contribution < -0.4 is 19.1 Å². The molecule has 0 spiro atoms. The van der Waals surface area contributed by atoms with E-state index >= 15 is 0 Å². The third kappa shape index (κ3) is 8.14. The van der Waals surface area contributed by atoms with Crippen LogP contribution in [0.5, 0.6) is 11.5 Å². The topological polar surface area (TPSA) is 105 Å². The van der Waals surface area contributed by atoms with E-state index in [0.717, 1.165) is 4.31 Å². The van der Waals surface area contributed by atoms with Crippen LogP contribution in [0.25, 0.3) is 0 Å². The molecule has 0 heterocycles. The zero-order valence-electron chi connectivity index (χ0n) is 24.0. The summed E-state index contributed by atoms with van der Waals surface area (Å²) >= 11 is 6.19. The van der Waals surface area contributed by atoms with Gasteiger partial charge in [0.15, 0.2) is 11.5 Å². The molecular formula is C30H36ClN3O6S. The van der Waals surface area contributed by atoms with Gasteiger partial charge in [0.25, 0.3) is 10.0 Å². The fourth-order valence-corrected chi connectivity index (χ4v) is 5.76. The van der Waals surface area contributed by atoms with E-state index in [1.807, 2.05) is 20.8 Å². The molecular weight excluding hydrogens is 566 g/mol. The van der Waals surface area contributed by atoms with Crippen molar-refractivity contribution in [2.45, 2.75) is 50.7 Å². The van der Waals surface area contributed by atoms with E-state index in [1.165, 1.54) is 37.3 Å². The third-order valence-corrected chi connectivity index (χ3v) is 8.18. The number of halogens is 1. The molecule has 0 radical (unpaired) electrons. The van der Waals surface area contributed by atoms with Crippen LogP contribution in [0.2, 0.25) is 5.02 Å². The van der Waals surface area contributed by atoms with Crippen LogP contribution in [0.1, 0.15) is 33.3 Å². The number of carbonyl (C=O) groups excluding carboxylic acids is 2. The number of hydrogen-bond acceptors (Lipinski definition) is 6. The molecule has 0 saturated heterocycles.